The summed E-state index contributed by atoms with van der Waals surface area (Å²) in [6.45, 7) is 1.57. The lowest BCUT2D eigenvalue weighted by Crippen LogP contribution is -2.36. The van der Waals surface area contributed by atoms with E-state index in [1.807, 2.05) is 71.4 Å². The maximum atomic E-state index is 13.3. The third-order valence-electron chi connectivity index (χ3n) is 5.45. The Morgan fingerprint density at radius 2 is 1.70 bits per heavy atom. The maximum Gasteiger partial charge on any atom is 0.259 e. The van der Waals surface area contributed by atoms with Gasteiger partial charge in [0.1, 0.15) is 17.1 Å². The molecule has 0 unspecified atom stereocenters. The first kappa shape index (κ1) is 19.9. The Hall–Kier alpha value is -3.41. The van der Waals surface area contributed by atoms with Gasteiger partial charge in [-0.05, 0) is 55.7 Å². The third kappa shape index (κ3) is 4.13. The fourth-order valence-electron chi connectivity index (χ4n) is 3.70. The van der Waals surface area contributed by atoms with Crippen LogP contribution in [-0.2, 0) is 0 Å². The van der Waals surface area contributed by atoms with Gasteiger partial charge >= 0.3 is 0 Å². The Morgan fingerprint density at radius 3 is 2.37 bits per heavy atom. The Balaban J connectivity index is 1.75. The zero-order valence-corrected chi connectivity index (χ0v) is 17.4. The summed E-state index contributed by atoms with van der Waals surface area (Å²) in [7, 11) is 3.57. The van der Waals surface area contributed by atoms with Crippen LogP contribution >= 0.6 is 0 Å². The molecule has 154 valence electrons. The minimum Gasteiger partial charge on any atom is -0.497 e. The molecule has 6 heteroatoms. The van der Waals surface area contributed by atoms with Crippen molar-refractivity contribution in [2.75, 3.05) is 32.1 Å². The van der Waals surface area contributed by atoms with Crippen molar-refractivity contribution in [2.24, 2.45) is 0 Å². The van der Waals surface area contributed by atoms with Gasteiger partial charge in [-0.15, -0.1) is 0 Å². The van der Waals surface area contributed by atoms with Crippen LogP contribution in [0.15, 0.2) is 60.8 Å². The molecular formula is C24H26N4O2. The number of piperidine rings is 1. The van der Waals surface area contributed by atoms with E-state index in [0.717, 1.165) is 42.9 Å². The average molecular weight is 402 g/mol. The molecule has 0 aliphatic carbocycles. The number of benzene rings is 2. The molecule has 1 saturated heterocycles. The highest BCUT2D eigenvalue weighted by atomic mass is 16.5. The fourth-order valence-corrected chi connectivity index (χ4v) is 3.70. The van der Waals surface area contributed by atoms with Crippen LogP contribution in [-0.4, -0.2) is 48.0 Å². The Labute approximate surface area is 177 Å². The van der Waals surface area contributed by atoms with Gasteiger partial charge < -0.3 is 14.5 Å². The summed E-state index contributed by atoms with van der Waals surface area (Å²) in [5, 5.41) is 0. The van der Waals surface area contributed by atoms with E-state index in [9.17, 15) is 4.79 Å². The van der Waals surface area contributed by atoms with E-state index in [1.54, 1.807) is 13.3 Å². The van der Waals surface area contributed by atoms with Crippen molar-refractivity contribution in [3.05, 3.63) is 66.4 Å². The van der Waals surface area contributed by atoms with Crippen LogP contribution in [0.25, 0.3) is 11.4 Å². The lowest BCUT2D eigenvalue weighted by molar-refractivity contribution is 0.0724. The lowest BCUT2D eigenvalue weighted by Gasteiger charge is -2.28. The predicted molar refractivity (Wildman–Crippen MR) is 118 cm³/mol. The summed E-state index contributed by atoms with van der Waals surface area (Å²) in [6.07, 6.45) is 4.92. The molecule has 6 nitrogen and oxygen atoms in total. The number of ether oxygens (including phenoxy) is 1. The normalized spacial score (nSPS) is 13.7. The first-order chi connectivity index (χ1) is 14.7. The van der Waals surface area contributed by atoms with Crippen molar-refractivity contribution in [1.29, 1.82) is 0 Å². The van der Waals surface area contributed by atoms with Crippen molar-refractivity contribution in [2.45, 2.75) is 19.3 Å². The highest BCUT2D eigenvalue weighted by Gasteiger charge is 2.25. The first-order valence-corrected chi connectivity index (χ1v) is 10.3. The van der Waals surface area contributed by atoms with E-state index >= 15 is 0 Å². The number of hydrogen-bond acceptors (Lipinski definition) is 5. The van der Waals surface area contributed by atoms with E-state index in [2.05, 4.69) is 4.98 Å². The molecule has 0 atom stereocenters. The Bertz CT molecular complexity index is 999. The molecule has 4 rings (SSSR count). The summed E-state index contributed by atoms with van der Waals surface area (Å²) in [5.41, 5.74) is 2.36. The molecule has 1 aromatic heterocycles. The third-order valence-corrected chi connectivity index (χ3v) is 5.45. The number of aromatic nitrogens is 2. The second-order valence-electron chi connectivity index (χ2n) is 7.41. The summed E-state index contributed by atoms with van der Waals surface area (Å²) in [4.78, 5) is 26.5. The van der Waals surface area contributed by atoms with Gasteiger partial charge in [-0.3, -0.25) is 4.79 Å². The number of carbonyl (C=O) groups is 1. The molecule has 1 amide bonds. The monoisotopic (exact) mass is 402 g/mol. The van der Waals surface area contributed by atoms with Crippen molar-refractivity contribution in [3.63, 3.8) is 0 Å². The predicted octanol–water partition coefficient (Wildman–Crippen LogP) is 4.55. The van der Waals surface area contributed by atoms with Gasteiger partial charge in [0.15, 0.2) is 5.82 Å². The summed E-state index contributed by atoms with van der Waals surface area (Å²) < 4.78 is 5.24. The Kier molecular flexibility index (Phi) is 5.93. The van der Waals surface area contributed by atoms with Crippen LogP contribution in [0.1, 0.15) is 29.6 Å². The number of para-hydroxylation sites is 1. The molecular weight excluding hydrogens is 376 g/mol. The number of carbonyl (C=O) groups excluding carboxylic acids is 1. The standard InChI is InChI=1S/C24H26N4O2/c1-27(19-9-5-3-6-10-19)23-21(24(29)28-15-7-4-8-16-28)17-25-22(26-23)18-11-13-20(30-2)14-12-18/h3,5-6,9-14,17H,4,7-8,15-16H2,1-2H3. The molecule has 30 heavy (non-hydrogen) atoms. The van der Waals surface area contributed by atoms with Gasteiger partial charge in [-0.2, -0.15) is 0 Å². The van der Waals surface area contributed by atoms with E-state index in [1.165, 1.54) is 6.42 Å². The molecule has 0 saturated carbocycles. The maximum absolute atomic E-state index is 13.3. The number of anilines is 2. The number of hydrogen-bond donors (Lipinski definition) is 0. The van der Waals surface area contributed by atoms with Crippen LogP contribution in [0.4, 0.5) is 11.5 Å². The highest BCUT2D eigenvalue weighted by molar-refractivity contribution is 5.99. The second kappa shape index (κ2) is 8.95. The van der Waals surface area contributed by atoms with Crippen LogP contribution in [0.5, 0.6) is 5.75 Å². The zero-order valence-electron chi connectivity index (χ0n) is 17.4. The molecule has 1 fully saturated rings. The molecule has 0 spiro atoms. The minimum absolute atomic E-state index is 0.00578. The lowest BCUT2D eigenvalue weighted by atomic mass is 10.1. The molecule has 0 N–H and O–H groups in total. The molecule has 3 aromatic rings. The van der Waals surface area contributed by atoms with Crippen LogP contribution in [0.3, 0.4) is 0 Å². The van der Waals surface area contributed by atoms with E-state index in [-0.39, 0.29) is 5.91 Å². The van der Waals surface area contributed by atoms with Crippen LogP contribution < -0.4 is 9.64 Å². The van der Waals surface area contributed by atoms with Gasteiger partial charge in [-0.25, -0.2) is 9.97 Å². The van der Waals surface area contributed by atoms with E-state index < -0.39 is 0 Å². The number of nitrogens with zero attached hydrogens (tertiary/aromatic N) is 4. The number of likely N-dealkylation sites (tertiary alicyclic amines) is 1. The largest absolute Gasteiger partial charge is 0.497 e. The smallest absolute Gasteiger partial charge is 0.259 e. The topological polar surface area (TPSA) is 58.6 Å². The average Bonchev–Trinajstić information content (AvgIpc) is 2.84. The summed E-state index contributed by atoms with van der Waals surface area (Å²) >= 11 is 0. The van der Waals surface area contributed by atoms with Crippen molar-refractivity contribution in [3.8, 4) is 17.1 Å². The molecule has 0 radical (unpaired) electrons. The Morgan fingerprint density at radius 1 is 1.00 bits per heavy atom. The van der Waals surface area contributed by atoms with Gasteiger partial charge in [0, 0.05) is 37.6 Å². The first-order valence-electron chi connectivity index (χ1n) is 10.3. The zero-order chi connectivity index (χ0) is 20.9. The van der Waals surface area contributed by atoms with Crippen LogP contribution in [0, 0.1) is 0 Å². The molecule has 2 aromatic carbocycles. The van der Waals surface area contributed by atoms with E-state index in [4.69, 9.17) is 9.72 Å². The fraction of sp³-hybridized carbons (Fsp3) is 0.292. The number of methoxy groups -OCH3 is 1. The van der Waals surface area contributed by atoms with Gasteiger partial charge in [0.2, 0.25) is 0 Å². The highest BCUT2D eigenvalue weighted by Crippen LogP contribution is 2.29. The van der Waals surface area contributed by atoms with Crippen molar-refractivity contribution >= 4 is 17.4 Å². The van der Waals surface area contributed by atoms with Crippen LogP contribution in [0.2, 0.25) is 0 Å². The van der Waals surface area contributed by atoms with Gasteiger partial charge in [0.05, 0.1) is 7.11 Å². The molecule has 0 bridgehead atoms. The van der Waals surface area contributed by atoms with Crippen molar-refractivity contribution in [1.82, 2.24) is 14.9 Å². The molecule has 1 aliphatic rings. The quantitative estimate of drug-likeness (QED) is 0.627. The molecule has 1 aliphatic heterocycles. The van der Waals surface area contributed by atoms with Gasteiger partial charge in [-0.1, -0.05) is 18.2 Å². The van der Waals surface area contributed by atoms with Gasteiger partial charge in [0.25, 0.3) is 5.91 Å². The van der Waals surface area contributed by atoms with E-state index in [0.29, 0.717) is 17.2 Å². The number of rotatable bonds is 5. The SMILES string of the molecule is COc1ccc(-c2ncc(C(=O)N3CCCCC3)c(N(C)c3ccccc3)n2)cc1. The second-order valence-corrected chi connectivity index (χ2v) is 7.41. The molecule has 2 heterocycles. The summed E-state index contributed by atoms with van der Waals surface area (Å²) in [5.74, 6) is 1.95. The minimum atomic E-state index is -0.00578. The number of amides is 1. The summed E-state index contributed by atoms with van der Waals surface area (Å²) in [6, 6.07) is 17.5. The van der Waals surface area contributed by atoms with Crippen molar-refractivity contribution < 1.29 is 9.53 Å².